The molecule has 2 rings (SSSR count). The molecule has 2 aromatic rings. The average Bonchev–Trinajstić information content (AvgIpc) is 2.43. The molecule has 2 heterocycles. The van der Waals surface area contributed by atoms with Crippen LogP contribution in [0, 0.1) is 5.95 Å². The smallest absolute Gasteiger partial charge is 0.242 e. The second-order valence-corrected chi connectivity index (χ2v) is 5.16. The molecule has 12 heteroatoms. The van der Waals surface area contributed by atoms with Crippen LogP contribution in [-0.4, -0.2) is 9.97 Å². The molecule has 0 saturated carbocycles. The lowest BCUT2D eigenvalue weighted by molar-refractivity contribution is -0.138. The molecule has 24 heavy (non-hydrogen) atoms. The Morgan fingerprint density at radius 2 is 1.12 bits per heavy atom. The van der Waals surface area contributed by atoms with Crippen LogP contribution in [0.1, 0.15) is 11.1 Å². The van der Waals surface area contributed by atoms with Gasteiger partial charge in [0.25, 0.3) is 0 Å². The maximum absolute atomic E-state index is 12.3. The molecule has 0 bridgehead atoms. The molecule has 0 unspecified atom stereocenters. The summed E-state index contributed by atoms with van der Waals surface area (Å²) in [4.78, 5) is 6.09. The largest absolute Gasteiger partial charge is 0.417 e. The van der Waals surface area contributed by atoms with Gasteiger partial charge in [0, 0.05) is 12.4 Å². The van der Waals surface area contributed by atoms with E-state index >= 15 is 0 Å². The predicted molar refractivity (Wildman–Crippen MR) is 73.5 cm³/mol. The van der Waals surface area contributed by atoms with E-state index < -0.39 is 34.4 Å². The van der Waals surface area contributed by atoms with Crippen molar-refractivity contribution in [2.45, 2.75) is 12.4 Å². The van der Waals surface area contributed by atoms with Crippen LogP contribution in [0.5, 0.6) is 0 Å². The minimum absolute atomic E-state index is 0.135. The van der Waals surface area contributed by atoms with Crippen LogP contribution < -0.4 is 0 Å². The van der Waals surface area contributed by atoms with Gasteiger partial charge in [0.05, 0.1) is 21.2 Å². The normalized spacial score (nSPS) is 11.8. The van der Waals surface area contributed by atoms with Gasteiger partial charge < -0.3 is 0 Å². The second-order valence-electron chi connectivity index (χ2n) is 3.99. The Balaban J connectivity index is 0.000000240. The Hall–Kier alpha value is -1.32. The third-order valence-electron chi connectivity index (χ3n) is 2.25. The van der Waals surface area contributed by atoms with E-state index in [1.807, 2.05) is 0 Å². The van der Waals surface area contributed by atoms with Crippen molar-refractivity contribution in [2.75, 3.05) is 0 Å². The van der Waals surface area contributed by atoms with Gasteiger partial charge in [-0.1, -0.05) is 34.8 Å². The number of rotatable bonds is 0. The van der Waals surface area contributed by atoms with E-state index in [-0.39, 0.29) is 10.2 Å². The van der Waals surface area contributed by atoms with E-state index in [2.05, 4.69) is 9.97 Å². The highest BCUT2D eigenvalue weighted by molar-refractivity contribution is 6.41. The number of pyridine rings is 2. The van der Waals surface area contributed by atoms with E-state index in [4.69, 9.17) is 34.8 Å². The molecule has 0 saturated heterocycles. The Kier molecular flexibility index (Phi) is 6.66. The lowest BCUT2D eigenvalue weighted by Gasteiger charge is -2.05. The quantitative estimate of drug-likeness (QED) is 0.373. The first-order valence-corrected chi connectivity index (χ1v) is 6.72. The van der Waals surface area contributed by atoms with Crippen molar-refractivity contribution >= 4 is 34.8 Å². The van der Waals surface area contributed by atoms with Crippen LogP contribution >= 0.6 is 34.8 Å². The van der Waals surface area contributed by atoms with Crippen molar-refractivity contribution in [1.29, 1.82) is 0 Å². The van der Waals surface area contributed by atoms with E-state index in [1.165, 1.54) is 0 Å². The molecular formula is C12H4Cl3F7N2. The predicted octanol–water partition coefficient (Wildman–Crippen LogP) is 6.30. The molecule has 0 aliphatic carbocycles. The van der Waals surface area contributed by atoms with Crippen molar-refractivity contribution in [1.82, 2.24) is 9.97 Å². The molecule has 0 aromatic carbocycles. The summed E-state index contributed by atoms with van der Waals surface area (Å²) in [6.45, 7) is 0. The fraction of sp³-hybridized carbons (Fsp3) is 0.167. The number of hydrogen-bond donors (Lipinski definition) is 0. The number of nitrogens with zero attached hydrogens (tertiary/aromatic N) is 2. The highest BCUT2D eigenvalue weighted by Crippen LogP contribution is 2.32. The standard InChI is InChI=1S/C6H2Cl2F3N.C6H2ClF4N/c2*7-4-1-3(6(9,10)11)2-12-5(4)8/h2*1-2H. The molecule has 2 nitrogen and oxygen atoms in total. The molecule has 0 atom stereocenters. The molecule has 2 aromatic heterocycles. The van der Waals surface area contributed by atoms with Gasteiger partial charge in [-0.3, -0.25) is 0 Å². The molecular weight excluding hydrogens is 411 g/mol. The highest BCUT2D eigenvalue weighted by atomic mass is 35.5. The van der Waals surface area contributed by atoms with E-state index in [1.54, 1.807) is 0 Å². The van der Waals surface area contributed by atoms with Gasteiger partial charge in [0.2, 0.25) is 5.95 Å². The summed E-state index contributed by atoms with van der Waals surface area (Å²) in [5.74, 6) is -1.11. The van der Waals surface area contributed by atoms with Gasteiger partial charge in [-0.2, -0.15) is 30.7 Å². The van der Waals surface area contributed by atoms with Crippen molar-refractivity contribution in [2.24, 2.45) is 0 Å². The molecule has 0 spiro atoms. The van der Waals surface area contributed by atoms with Crippen LogP contribution in [0.3, 0.4) is 0 Å². The van der Waals surface area contributed by atoms with Crippen LogP contribution in [0.2, 0.25) is 15.2 Å². The second kappa shape index (κ2) is 7.71. The summed E-state index contributed by atoms with van der Waals surface area (Å²) in [6, 6.07) is 1.22. The van der Waals surface area contributed by atoms with Crippen molar-refractivity contribution in [3.05, 3.63) is 56.8 Å². The monoisotopic (exact) mass is 414 g/mol. The van der Waals surface area contributed by atoms with Gasteiger partial charge in [0.1, 0.15) is 5.15 Å². The van der Waals surface area contributed by atoms with Crippen LogP contribution in [0.4, 0.5) is 30.7 Å². The molecule has 132 valence electrons. The maximum Gasteiger partial charge on any atom is 0.417 e. The molecule has 0 aliphatic rings. The highest BCUT2D eigenvalue weighted by Gasteiger charge is 2.32. The van der Waals surface area contributed by atoms with Crippen molar-refractivity contribution < 1.29 is 30.7 Å². The number of halogens is 10. The number of aromatic nitrogens is 2. The lowest BCUT2D eigenvalue weighted by atomic mass is 10.3. The fourth-order valence-corrected chi connectivity index (χ4v) is 1.59. The minimum atomic E-state index is -4.54. The third kappa shape index (κ3) is 5.95. The van der Waals surface area contributed by atoms with E-state index in [0.29, 0.717) is 18.5 Å². The lowest BCUT2D eigenvalue weighted by Crippen LogP contribution is -2.05. The van der Waals surface area contributed by atoms with E-state index in [0.717, 1.165) is 6.07 Å². The first kappa shape index (κ1) is 20.7. The van der Waals surface area contributed by atoms with Gasteiger partial charge in [0.15, 0.2) is 0 Å². The first-order chi connectivity index (χ1) is 10.8. The molecule has 0 N–H and O–H groups in total. The molecule has 0 amide bonds. The summed E-state index contributed by atoms with van der Waals surface area (Å²) in [5, 5.41) is -0.971. The van der Waals surface area contributed by atoms with Crippen molar-refractivity contribution in [3.63, 3.8) is 0 Å². The SMILES string of the molecule is FC(F)(F)c1cnc(Cl)c(Cl)c1.Fc1ncc(C(F)(F)F)cc1Cl. The zero-order valence-corrected chi connectivity index (χ0v) is 13.3. The van der Waals surface area contributed by atoms with Crippen LogP contribution in [0.15, 0.2) is 24.5 Å². The fourth-order valence-electron chi connectivity index (χ4n) is 1.15. The van der Waals surface area contributed by atoms with Gasteiger partial charge in [-0.15, -0.1) is 0 Å². The first-order valence-electron chi connectivity index (χ1n) is 5.59. The summed E-state index contributed by atoms with van der Waals surface area (Å²) in [5.41, 5.74) is -1.97. The average molecular weight is 416 g/mol. The third-order valence-corrected chi connectivity index (χ3v) is 3.20. The summed E-state index contributed by atoms with van der Waals surface area (Å²) < 4.78 is 83.8. The van der Waals surface area contributed by atoms with Crippen molar-refractivity contribution in [3.8, 4) is 0 Å². The Labute approximate surface area is 145 Å². The van der Waals surface area contributed by atoms with Crippen LogP contribution in [0.25, 0.3) is 0 Å². The van der Waals surface area contributed by atoms with Gasteiger partial charge in [-0.25, -0.2) is 9.97 Å². The topological polar surface area (TPSA) is 25.8 Å². The Morgan fingerprint density at radius 1 is 0.708 bits per heavy atom. The summed E-state index contributed by atoms with van der Waals surface area (Å²) >= 11 is 15.7. The Bertz CT molecular complexity index is 655. The van der Waals surface area contributed by atoms with Crippen LogP contribution in [-0.2, 0) is 12.4 Å². The zero-order chi connectivity index (χ0) is 18.7. The van der Waals surface area contributed by atoms with E-state index in [9.17, 15) is 30.7 Å². The summed E-state index contributed by atoms with van der Waals surface area (Å²) in [6.07, 6.45) is -7.94. The van der Waals surface area contributed by atoms with Gasteiger partial charge in [-0.05, 0) is 12.1 Å². The molecule has 0 aliphatic heterocycles. The minimum Gasteiger partial charge on any atom is -0.242 e. The number of hydrogen-bond acceptors (Lipinski definition) is 2. The maximum atomic E-state index is 12.3. The molecule has 0 fully saturated rings. The molecule has 0 radical (unpaired) electrons. The van der Waals surface area contributed by atoms with Gasteiger partial charge >= 0.3 is 12.4 Å². The zero-order valence-electron chi connectivity index (χ0n) is 11.0. The summed E-state index contributed by atoms with van der Waals surface area (Å²) in [7, 11) is 0. The number of alkyl halides is 6. The Morgan fingerprint density at radius 3 is 1.50 bits per heavy atom.